The number of halogens is 1. The first-order valence-electron chi connectivity index (χ1n) is 6.12. The molecule has 1 aromatic heterocycles. The number of benzene rings is 1. The number of carbonyl (C=O) groups is 1. The van der Waals surface area contributed by atoms with Crippen molar-refractivity contribution < 1.29 is 9.42 Å². The van der Waals surface area contributed by atoms with Crippen molar-refractivity contribution in [2.75, 3.05) is 5.73 Å². The molecule has 1 aromatic carbocycles. The van der Waals surface area contributed by atoms with Gasteiger partial charge >= 0.3 is 0 Å². The number of hydrogen-bond acceptors (Lipinski definition) is 5. The van der Waals surface area contributed by atoms with E-state index in [9.17, 15) is 4.79 Å². The highest BCUT2D eigenvalue weighted by molar-refractivity contribution is 6.30. The number of anilines is 1. The van der Waals surface area contributed by atoms with Crippen LogP contribution in [0.25, 0.3) is 0 Å². The van der Waals surface area contributed by atoms with Crippen molar-refractivity contribution in [2.45, 2.75) is 26.4 Å². The molecule has 2 rings (SSSR count). The molecule has 0 aliphatic heterocycles. The molecule has 1 heterocycles. The fourth-order valence-electron chi connectivity index (χ4n) is 1.80. The number of carbonyl (C=O) groups excluding carboxylic acids is 1. The molecule has 0 saturated heterocycles. The average Bonchev–Trinajstić information content (AvgIpc) is 2.81. The van der Waals surface area contributed by atoms with E-state index < -0.39 is 0 Å². The second kappa shape index (κ2) is 5.92. The van der Waals surface area contributed by atoms with Crippen LogP contribution < -0.4 is 5.73 Å². The van der Waals surface area contributed by atoms with E-state index >= 15 is 0 Å². The highest BCUT2D eigenvalue weighted by Crippen LogP contribution is 2.17. The van der Waals surface area contributed by atoms with Crippen molar-refractivity contribution in [3.05, 3.63) is 40.5 Å². The van der Waals surface area contributed by atoms with Crippen LogP contribution in [0.3, 0.4) is 0 Å². The molecule has 0 unspecified atom stereocenters. The Bertz CT molecular complexity index is 612. The predicted octanol–water partition coefficient (Wildman–Crippen LogP) is 2.36. The first-order chi connectivity index (χ1) is 9.49. The fourth-order valence-corrected chi connectivity index (χ4v) is 2.01. The zero-order valence-electron chi connectivity index (χ0n) is 11.2. The summed E-state index contributed by atoms with van der Waals surface area (Å²) in [6.45, 7) is 4.22. The summed E-state index contributed by atoms with van der Waals surface area (Å²) < 4.78 is 4.47. The Balaban J connectivity index is 2.24. The van der Waals surface area contributed by atoms with Crippen LogP contribution in [0.5, 0.6) is 0 Å². The van der Waals surface area contributed by atoms with Gasteiger partial charge in [-0.25, -0.2) is 4.63 Å². The number of nitrogen functional groups attached to an aromatic ring is 1. The summed E-state index contributed by atoms with van der Waals surface area (Å²) in [5.74, 6) is -0.328. The van der Waals surface area contributed by atoms with Gasteiger partial charge in [0.1, 0.15) is 0 Å². The predicted molar refractivity (Wildman–Crippen MR) is 75.2 cm³/mol. The second-order valence-electron chi connectivity index (χ2n) is 4.65. The molecule has 106 valence electrons. The Kier molecular flexibility index (Phi) is 4.24. The standard InChI is InChI=1S/C13H15ClN4O2/c1-8(2)18(7-9-4-3-5-10(14)6-9)13(19)11-12(15)17-20-16-11/h3-6,8H,7H2,1-2H3,(H2,15,17). The molecule has 0 aliphatic carbocycles. The summed E-state index contributed by atoms with van der Waals surface area (Å²) in [6, 6.07) is 7.31. The van der Waals surface area contributed by atoms with Crippen molar-refractivity contribution in [1.29, 1.82) is 0 Å². The molecular formula is C13H15ClN4O2. The van der Waals surface area contributed by atoms with Gasteiger partial charge in [-0.2, -0.15) is 0 Å². The Morgan fingerprint density at radius 2 is 2.20 bits per heavy atom. The van der Waals surface area contributed by atoms with Crippen molar-refractivity contribution in [3.8, 4) is 0 Å². The van der Waals surface area contributed by atoms with E-state index in [1.54, 1.807) is 11.0 Å². The Morgan fingerprint density at radius 1 is 1.45 bits per heavy atom. The lowest BCUT2D eigenvalue weighted by molar-refractivity contribution is 0.0679. The molecule has 0 fully saturated rings. The number of aromatic nitrogens is 2. The van der Waals surface area contributed by atoms with E-state index in [4.69, 9.17) is 17.3 Å². The van der Waals surface area contributed by atoms with Crippen LogP contribution in [0, 0.1) is 0 Å². The molecule has 2 N–H and O–H groups in total. The Labute approximate surface area is 121 Å². The van der Waals surface area contributed by atoms with Gasteiger partial charge in [0.2, 0.25) is 11.5 Å². The summed E-state index contributed by atoms with van der Waals surface area (Å²) in [5.41, 5.74) is 6.51. The van der Waals surface area contributed by atoms with Crippen LogP contribution in [0.4, 0.5) is 5.82 Å². The van der Waals surface area contributed by atoms with Crippen molar-refractivity contribution >= 4 is 23.3 Å². The van der Waals surface area contributed by atoms with Gasteiger partial charge in [0.05, 0.1) is 0 Å². The van der Waals surface area contributed by atoms with Gasteiger partial charge in [-0.3, -0.25) is 4.79 Å². The van der Waals surface area contributed by atoms with E-state index in [-0.39, 0.29) is 23.5 Å². The molecular weight excluding hydrogens is 280 g/mol. The second-order valence-corrected chi connectivity index (χ2v) is 5.09. The minimum atomic E-state index is -0.321. The molecule has 20 heavy (non-hydrogen) atoms. The zero-order valence-corrected chi connectivity index (χ0v) is 12.0. The van der Waals surface area contributed by atoms with Gasteiger partial charge < -0.3 is 10.6 Å². The summed E-state index contributed by atoms with van der Waals surface area (Å²) in [5, 5.41) is 7.60. The molecule has 7 heteroatoms. The minimum Gasteiger partial charge on any atom is -0.379 e. The molecule has 0 aliphatic rings. The number of nitrogens with two attached hydrogens (primary N) is 1. The van der Waals surface area contributed by atoms with E-state index in [0.29, 0.717) is 11.6 Å². The Morgan fingerprint density at radius 3 is 2.75 bits per heavy atom. The smallest absolute Gasteiger partial charge is 0.280 e. The lowest BCUT2D eigenvalue weighted by Crippen LogP contribution is -2.37. The third-order valence-electron chi connectivity index (χ3n) is 2.84. The highest BCUT2D eigenvalue weighted by Gasteiger charge is 2.25. The van der Waals surface area contributed by atoms with Crippen molar-refractivity contribution in [3.63, 3.8) is 0 Å². The van der Waals surface area contributed by atoms with Crippen LogP contribution in [-0.2, 0) is 6.54 Å². The summed E-state index contributed by atoms with van der Waals surface area (Å²) in [6.07, 6.45) is 0. The maximum absolute atomic E-state index is 12.4. The normalized spacial score (nSPS) is 10.8. The number of amides is 1. The molecule has 0 spiro atoms. The monoisotopic (exact) mass is 294 g/mol. The topological polar surface area (TPSA) is 85.2 Å². The molecule has 6 nitrogen and oxygen atoms in total. The first-order valence-corrected chi connectivity index (χ1v) is 6.50. The Hall–Kier alpha value is -2.08. The fraction of sp³-hybridized carbons (Fsp3) is 0.308. The lowest BCUT2D eigenvalue weighted by Gasteiger charge is -2.26. The third-order valence-corrected chi connectivity index (χ3v) is 3.08. The van der Waals surface area contributed by atoms with Gasteiger partial charge in [-0.05, 0) is 41.9 Å². The maximum atomic E-state index is 12.4. The van der Waals surface area contributed by atoms with E-state index in [1.165, 1.54) is 0 Å². The van der Waals surface area contributed by atoms with Crippen LogP contribution >= 0.6 is 11.6 Å². The van der Waals surface area contributed by atoms with Crippen LogP contribution in [0.15, 0.2) is 28.9 Å². The van der Waals surface area contributed by atoms with Gasteiger partial charge in [0.25, 0.3) is 5.91 Å². The summed E-state index contributed by atoms with van der Waals surface area (Å²) >= 11 is 5.95. The van der Waals surface area contributed by atoms with E-state index in [0.717, 1.165) is 5.56 Å². The molecule has 0 saturated carbocycles. The molecule has 0 atom stereocenters. The number of rotatable bonds is 4. The van der Waals surface area contributed by atoms with Gasteiger partial charge in [-0.1, -0.05) is 23.7 Å². The lowest BCUT2D eigenvalue weighted by atomic mass is 10.1. The number of hydrogen-bond donors (Lipinski definition) is 1. The van der Waals surface area contributed by atoms with E-state index in [1.807, 2.05) is 32.0 Å². The largest absolute Gasteiger partial charge is 0.379 e. The SMILES string of the molecule is CC(C)N(Cc1cccc(Cl)c1)C(=O)c1nonc1N. The highest BCUT2D eigenvalue weighted by atomic mass is 35.5. The van der Waals surface area contributed by atoms with Crippen LogP contribution in [0.1, 0.15) is 29.9 Å². The maximum Gasteiger partial charge on any atom is 0.280 e. The third kappa shape index (κ3) is 3.08. The van der Waals surface area contributed by atoms with Crippen molar-refractivity contribution in [2.24, 2.45) is 0 Å². The van der Waals surface area contributed by atoms with E-state index in [2.05, 4.69) is 14.9 Å². The molecule has 0 radical (unpaired) electrons. The van der Waals surface area contributed by atoms with Crippen LogP contribution in [0.2, 0.25) is 5.02 Å². The first kappa shape index (κ1) is 14.3. The summed E-state index contributed by atoms with van der Waals surface area (Å²) in [7, 11) is 0. The minimum absolute atomic E-state index is 0.00764. The van der Waals surface area contributed by atoms with Gasteiger partial charge in [-0.15, -0.1) is 0 Å². The molecule has 2 aromatic rings. The van der Waals surface area contributed by atoms with Gasteiger partial charge in [0.15, 0.2) is 0 Å². The summed E-state index contributed by atoms with van der Waals surface area (Å²) in [4.78, 5) is 14.0. The van der Waals surface area contributed by atoms with Crippen LogP contribution in [-0.4, -0.2) is 27.2 Å². The average molecular weight is 295 g/mol. The molecule has 0 bridgehead atoms. The van der Waals surface area contributed by atoms with Gasteiger partial charge in [0, 0.05) is 17.6 Å². The number of nitrogens with zero attached hydrogens (tertiary/aromatic N) is 3. The zero-order chi connectivity index (χ0) is 14.7. The molecule has 1 amide bonds. The van der Waals surface area contributed by atoms with Crippen molar-refractivity contribution in [1.82, 2.24) is 15.2 Å². The quantitative estimate of drug-likeness (QED) is 0.935.